The summed E-state index contributed by atoms with van der Waals surface area (Å²) in [5.41, 5.74) is 4.16. The van der Waals surface area contributed by atoms with Gasteiger partial charge in [0.05, 0.1) is 4.90 Å². The highest BCUT2D eigenvalue weighted by molar-refractivity contribution is 7.86. The number of esters is 1. The van der Waals surface area contributed by atoms with E-state index in [0.717, 1.165) is 11.1 Å². The van der Waals surface area contributed by atoms with Gasteiger partial charge in [0, 0.05) is 0 Å². The minimum atomic E-state index is -4.03. The van der Waals surface area contributed by atoms with Gasteiger partial charge < -0.3 is 4.74 Å². The van der Waals surface area contributed by atoms with E-state index in [0.29, 0.717) is 6.42 Å². The number of ether oxygens (including phenoxy) is 1. The van der Waals surface area contributed by atoms with Crippen molar-refractivity contribution in [2.75, 3.05) is 0 Å². The fourth-order valence-electron chi connectivity index (χ4n) is 2.37. The number of carbonyl (C=O) groups excluding carboxylic acids is 1. The van der Waals surface area contributed by atoms with Gasteiger partial charge in [-0.25, -0.2) is 0 Å². The molecule has 1 N–H and O–H groups in total. The van der Waals surface area contributed by atoms with Crippen LogP contribution in [-0.2, 0) is 30.5 Å². The molecule has 2 aromatic rings. The first-order chi connectivity index (χ1) is 12.8. The normalized spacial score (nSPS) is 12.7. The van der Waals surface area contributed by atoms with Crippen LogP contribution in [0.4, 0.5) is 0 Å². The number of hydrogen-bond donors (Lipinski definition) is 1. The maximum absolute atomic E-state index is 12.4. The van der Waals surface area contributed by atoms with Crippen molar-refractivity contribution in [1.82, 2.24) is 5.48 Å². The fourth-order valence-corrected chi connectivity index (χ4v) is 3.18. The largest absolute Gasteiger partial charge is 0.460 e. The molecule has 0 aliphatic heterocycles. The molecule has 2 rings (SSSR count). The molecule has 0 heterocycles. The summed E-state index contributed by atoms with van der Waals surface area (Å²) in [4.78, 5) is 12.4. The standard InChI is InChI=1S/C20H25NO5S/c1-15(2)13-19(20(22)25-14-17-7-5-4-6-8-17)21-26-27(23,24)18-11-9-16(3)10-12-18/h4-12,15,19,21H,13-14H2,1-3H3/t19-/m0/s1. The smallest absolute Gasteiger partial charge is 0.325 e. The van der Waals surface area contributed by atoms with Gasteiger partial charge in [-0.3, -0.25) is 4.79 Å². The highest BCUT2D eigenvalue weighted by atomic mass is 32.2. The van der Waals surface area contributed by atoms with Crippen molar-refractivity contribution in [2.45, 2.75) is 44.7 Å². The van der Waals surface area contributed by atoms with E-state index < -0.39 is 22.1 Å². The van der Waals surface area contributed by atoms with Crippen molar-refractivity contribution >= 4 is 16.1 Å². The molecule has 0 aliphatic carbocycles. The van der Waals surface area contributed by atoms with Gasteiger partial charge >= 0.3 is 16.1 Å². The molecule has 0 saturated carbocycles. The van der Waals surface area contributed by atoms with Crippen LogP contribution in [0.15, 0.2) is 59.5 Å². The second-order valence-electron chi connectivity index (χ2n) is 6.74. The second kappa shape index (κ2) is 9.64. The molecule has 146 valence electrons. The third-order valence-electron chi connectivity index (χ3n) is 3.83. The lowest BCUT2D eigenvalue weighted by molar-refractivity contribution is -0.150. The maximum Gasteiger partial charge on any atom is 0.325 e. The van der Waals surface area contributed by atoms with E-state index in [1.807, 2.05) is 51.1 Å². The molecule has 0 unspecified atom stereocenters. The maximum atomic E-state index is 12.4. The molecule has 0 spiro atoms. The Morgan fingerprint density at radius 3 is 2.26 bits per heavy atom. The van der Waals surface area contributed by atoms with Crippen molar-refractivity contribution in [2.24, 2.45) is 5.92 Å². The molecule has 0 bridgehead atoms. The minimum Gasteiger partial charge on any atom is -0.460 e. The highest BCUT2D eigenvalue weighted by Crippen LogP contribution is 2.14. The van der Waals surface area contributed by atoms with Crippen LogP contribution in [-0.4, -0.2) is 20.4 Å². The Labute approximate surface area is 160 Å². The summed E-state index contributed by atoms with van der Waals surface area (Å²) in [7, 11) is -4.03. The number of carbonyl (C=O) groups is 1. The minimum absolute atomic E-state index is 0.0153. The first-order valence-electron chi connectivity index (χ1n) is 8.74. The van der Waals surface area contributed by atoms with Gasteiger partial charge in [0.1, 0.15) is 12.6 Å². The van der Waals surface area contributed by atoms with Crippen molar-refractivity contribution in [1.29, 1.82) is 0 Å². The van der Waals surface area contributed by atoms with Crippen LogP contribution in [0.1, 0.15) is 31.4 Å². The lowest BCUT2D eigenvalue weighted by Gasteiger charge is -2.19. The number of hydrogen-bond acceptors (Lipinski definition) is 6. The summed E-state index contributed by atoms with van der Waals surface area (Å²) in [5.74, 6) is -0.427. The first-order valence-corrected chi connectivity index (χ1v) is 10.1. The van der Waals surface area contributed by atoms with Crippen LogP contribution in [0.3, 0.4) is 0 Å². The highest BCUT2D eigenvalue weighted by Gasteiger charge is 2.25. The number of aryl methyl sites for hydroxylation is 1. The van der Waals surface area contributed by atoms with E-state index in [9.17, 15) is 13.2 Å². The lowest BCUT2D eigenvalue weighted by Crippen LogP contribution is -2.40. The monoisotopic (exact) mass is 391 g/mol. The molecule has 7 heteroatoms. The van der Waals surface area contributed by atoms with Crippen LogP contribution in [0.25, 0.3) is 0 Å². The topological polar surface area (TPSA) is 81.7 Å². The quantitative estimate of drug-likeness (QED) is 0.521. The van der Waals surface area contributed by atoms with E-state index in [2.05, 4.69) is 5.48 Å². The summed E-state index contributed by atoms with van der Waals surface area (Å²) < 4.78 is 34.8. The molecular weight excluding hydrogens is 366 g/mol. The third-order valence-corrected chi connectivity index (χ3v) is 4.99. The Morgan fingerprint density at radius 2 is 1.67 bits per heavy atom. The molecular formula is C20H25NO5S. The Bertz CT molecular complexity index is 832. The Hall–Kier alpha value is -2.22. The molecule has 0 fully saturated rings. The summed E-state index contributed by atoms with van der Waals surface area (Å²) in [6.07, 6.45) is 0.372. The van der Waals surface area contributed by atoms with E-state index >= 15 is 0 Å². The van der Waals surface area contributed by atoms with Crippen molar-refractivity contribution < 1.29 is 22.2 Å². The Balaban J connectivity index is 2.00. The molecule has 2 aromatic carbocycles. The number of benzene rings is 2. The van der Waals surface area contributed by atoms with E-state index in [4.69, 9.17) is 9.02 Å². The predicted octanol–water partition coefficient (Wildman–Crippen LogP) is 3.36. The molecule has 27 heavy (non-hydrogen) atoms. The van der Waals surface area contributed by atoms with E-state index in [-0.39, 0.29) is 17.4 Å². The molecule has 0 aromatic heterocycles. The summed E-state index contributed by atoms with van der Waals surface area (Å²) in [6, 6.07) is 14.6. The zero-order chi connectivity index (χ0) is 19.9. The third kappa shape index (κ3) is 6.78. The number of hydroxylamine groups is 1. The van der Waals surface area contributed by atoms with Gasteiger partial charge in [-0.15, -0.1) is 0 Å². The number of nitrogens with one attached hydrogen (secondary N) is 1. The SMILES string of the molecule is Cc1ccc(S(=O)(=O)ON[C@@H](CC(C)C)C(=O)OCc2ccccc2)cc1. The summed E-state index contributed by atoms with van der Waals surface area (Å²) in [5, 5.41) is 0. The second-order valence-corrected chi connectivity index (χ2v) is 8.29. The molecule has 6 nitrogen and oxygen atoms in total. The van der Waals surface area contributed by atoms with E-state index in [1.54, 1.807) is 12.1 Å². The van der Waals surface area contributed by atoms with Crippen LogP contribution < -0.4 is 5.48 Å². The average Bonchev–Trinajstić information content (AvgIpc) is 2.64. The van der Waals surface area contributed by atoms with Gasteiger partial charge in [0.25, 0.3) is 0 Å². The van der Waals surface area contributed by atoms with Gasteiger partial charge in [0.15, 0.2) is 0 Å². The Kier molecular flexibility index (Phi) is 7.53. The van der Waals surface area contributed by atoms with Crippen LogP contribution in [0.5, 0.6) is 0 Å². The Morgan fingerprint density at radius 1 is 1.04 bits per heavy atom. The predicted molar refractivity (Wildman–Crippen MR) is 102 cm³/mol. The molecule has 1 atom stereocenters. The van der Waals surface area contributed by atoms with Crippen LogP contribution in [0, 0.1) is 12.8 Å². The van der Waals surface area contributed by atoms with Crippen molar-refractivity contribution in [3.8, 4) is 0 Å². The zero-order valence-electron chi connectivity index (χ0n) is 15.7. The summed E-state index contributed by atoms with van der Waals surface area (Å²) >= 11 is 0. The molecule has 0 aliphatic rings. The number of rotatable bonds is 9. The van der Waals surface area contributed by atoms with Gasteiger partial charge in [-0.05, 0) is 37.0 Å². The van der Waals surface area contributed by atoms with Crippen LogP contribution in [0.2, 0.25) is 0 Å². The van der Waals surface area contributed by atoms with Gasteiger partial charge in [-0.2, -0.15) is 18.2 Å². The molecule has 0 saturated heterocycles. The molecule has 0 radical (unpaired) electrons. The van der Waals surface area contributed by atoms with Crippen molar-refractivity contribution in [3.63, 3.8) is 0 Å². The van der Waals surface area contributed by atoms with Gasteiger partial charge in [-0.1, -0.05) is 61.9 Å². The van der Waals surface area contributed by atoms with Crippen LogP contribution >= 0.6 is 0 Å². The average molecular weight is 391 g/mol. The first kappa shape index (κ1) is 21.1. The lowest BCUT2D eigenvalue weighted by atomic mass is 10.0. The van der Waals surface area contributed by atoms with Gasteiger partial charge in [0.2, 0.25) is 0 Å². The summed E-state index contributed by atoms with van der Waals surface area (Å²) in [6.45, 7) is 5.82. The zero-order valence-corrected chi connectivity index (χ0v) is 16.5. The van der Waals surface area contributed by atoms with Crippen molar-refractivity contribution in [3.05, 3.63) is 65.7 Å². The fraction of sp³-hybridized carbons (Fsp3) is 0.350. The molecule has 0 amide bonds. The van der Waals surface area contributed by atoms with E-state index in [1.165, 1.54) is 12.1 Å².